The molecule has 19 heavy (non-hydrogen) atoms. The molecule has 1 fully saturated rings. The van der Waals surface area contributed by atoms with Gasteiger partial charge in [0.25, 0.3) is 0 Å². The second-order valence-electron chi connectivity index (χ2n) is 5.38. The topological polar surface area (TPSA) is 58.6 Å². The molecule has 1 aliphatic carbocycles. The van der Waals surface area contributed by atoms with Crippen molar-refractivity contribution in [2.75, 3.05) is 5.32 Å². The number of hydrogen-bond acceptors (Lipinski definition) is 3. The van der Waals surface area contributed by atoms with Crippen LogP contribution < -0.4 is 10.1 Å². The first-order valence-electron chi connectivity index (χ1n) is 7.00. The summed E-state index contributed by atoms with van der Waals surface area (Å²) in [7, 11) is 0. The number of benzene rings is 1. The highest BCUT2D eigenvalue weighted by Gasteiger charge is 2.25. The van der Waals surface area contributed by atoms with Gasteiger partial charge in [-0.1, -0.05) is 12.5 Å². The molecule has 0 radical (unpaired) electrons. The molecule has 1 aliphatic heterocycles. The third-order valence-electron chi connectivity index (χ3n) is 3.93. The van der Waals surface area contributed by atoms with Gasteiger partial charge in [0.05, 0.1) is 6.10 Å². The molecule has 2 atom stereocenters. The van der Waals surface area contributed by atoms with Crippen LogP contribution in [0.5, 0.6) is 5.75 Å². The van der Waals surface area contributed by atoms with Crippen molar-refractivity contribution in [3.63, 3.8) is 0 Å². The number of hydrogen-bond donors (Lipinski definition) is 2. The second-order valence-corrected chi connectivity index (χ2v) is 5.38. The van der Waals surface area contributed by atoms with Crippen LogP contribution in [0.25, 0.3) is 0 Å². The summed E-state index contributed by atoms with van der Waals surface area (Å²) in [5, 5.41) is 12.8. The van der Waals surface area contributed by atoms with Crippen molar-refractivity contribution < 1.29 is 14.6 Å². The number of ether oxygens (including phenoxy) is 1. The number of fused-ring (bicyclic) bond motifs is 1. The number of carbonyl (C=O) groups is 1. The number of carbonyl (C=O) groups excluding carboxylic acids is 1. The van der Waals surface area contributed by atoms with Crippen LogP contribution in [0.15, 0.2) is 18.2 Å². The highest BCUT2D eigenvalue weighted by atomic mass is 16.5. The van der Waals surface area contributed by atoms with E-state index in [9.17, 15) is 9.90 Å². The van der Waals surface area contributed by atoms with Crippen LogP contribution >= 0.6 is 0 Å². The van der Waals surface area contributed by atoms with Gasteiger partial charge in [-0.3, -0.25) is 4.79 Å². The molecule has 0 unspecified atom stereocenters. The van der Waals surface area contributed by atoms with Crippen LogP contribution in [0.3, 0.4) is 0 Å². The van der Waals surface area contributed by atoms with Crippen molar-refractivity contribution >= 4 is 11.6 Å². The molecule has 0 spiro atoms. The quantitative estimate of drug-likeness (QED) is 0.858. The lowest BCUT2D eigenvalue weighted by atomic mass is 9.95. The second kappa shape index (κ2) is 5.21. The van der Waals surface area contributed by atoms with Crippen LogP contribution in [0, 0.1) is 0 Å². The molecule has 4 nitrogen and oxygen atoms in total. The summed E-state index contributed by atoms with van der Waals surface area (Å²) >= 11 is 0. The van der Waals surface area contributed by atoms with Crippen LogP contribution in [0.2, 0.25) is 0 Å². The summed E-state index contributed by atoms with van der Waals surface area (Å²) in [6, 6.07) is 5.80. The number of aliphatic hydroxyl groups excluding tert-OH is 1. The zero-order valence-electron chi connectivity index (χ0n) is 10.9. The Balaban J connectivity index is 1.74. The molecular weight excluding hydrogens is 242 g/mol. The fourth-order valence-corrected chi connectivity index (χ4v) is 2.81. The minimum absolute atomic E-state index is 0.0577. The number of nitrogens with one attached hydrogen (secondary N) is 1. The summed E-state index contributed by atoms with van der Waals surface area (Å²) in [6.45, 7) is 0. The smallest absolute Gasteiger partial charge is 0.224 e. The Hall–Kier alpha value is -1.55. The summed E-state index contributed by atoms with van der Waals surface area (Å²) < 4.78 is 5.87. The van der Waals surface area contributed by atoms with Gasteiger partial charge < -0.3 is 15.2 Å². The Morgan fingerprint density at radius 3 is 2.89 bits per heavy atom. The van der Waals surface area contributed by atoms with Gasteiger partial charge in [-0.05, 0) is 37.3 Å². The lowest BCUT2D eigenvalue weighted by molar-refractivity contribution is -0.116. The van der Waals surface area contributed by atoms with E-state index >= 15 is 0 Å². The highest BCUT2D eigenvalue weighted by Crippen LogP contribution is 2.29. The predicted molar refractivity (Wildman–Crippen MR) is 72.3 cm³/mol. The van der Waals surface area contributed by atoms with Crippen LogP contribution in [-0.2, 0) is 11.2 Å². The Morgan fingerprint density at radius 1 is 1.21 bits per heavy atom. The van der Waals surface area contributed by atoms with E-state index < -0.39 is 0 Å². The number of rotatable bonds is 2. The van der Waals surface area contributed by atoms with Crippen LogP contribution in [-0.4, -0.2) is 23.2 Å². The van der Waals surface area contributed by atoms with Crippen molar-refractivity contribution in [1.82, 2.24) is 0 Å². The normalized spacial score (nSPS) is 26.5. The minimum Gasteiger partial charge on any atom is -0.488 e. The number of aryl methyl sites for hydroxylation is 1. The molecule has 0 bridgehead atoms. The third kappa shape index (κ3) is 2.73. The molecule has 1 amide bonds. The van der Waals surface area contributed by atoms with Crippen molar-refractivity contribution in [3.8, 4) is 5.75 Å². The molecule has 4 heteroatoms. The molecule has 1 saturated carbocycles. The third-order valence-corrected chi connectivity index (χ3v) is 3.93. The Morgan fingerprint density at radius 2 is 2.05 bits per heavy atom. The average molecular weight is 261 g/mol. The van der Waals surface area contributed by atoms with Gasteiger partial charge >= 0.3 is 0 Å². The fraction of sp³-hybridized carbons (Fsp3) is 0.533. The maximum absolute atomic E-state index is 11.4. The zero-order chi connectivity index (χ0) is 13.2. The van der Waals surface area contributed by atoms with Crippen molar-refractivity contribution in [1.29, 1.82) is 0 Å². The molecule has 0 aromatic heterocycles. The summed E-state index contributed by atoms with van der Waals surface area (Å²) in [6.07, 6.45) is 4.72. The maximum atomic E-state index is 11.4. The molecule has 3 rings (SSSR count). The predicted octanol–water partition coefficient (Wildman–Crippen LogP) is 2.25. The van der Waals surface area contributed by atoms with Crippen LogP contribution in [0.1, 0.15) is 37.7 Å². The molecule has 2 N–H and O–H groups in total. The fourth-order valence-electron chi connectivity index (χ4n) is 2.81. The Bertz CT molecular complexity index is 486. The van der Waals surface area contributed by atoms with Gasteiger partial charge in [-0.15, -0.1) is 0 Å². The van der Waals surface area contributed by atoms with E-state index in [4.69, 9.17) is 4.74 Å². The minimum atomic E-state index is -0.376. The Labute approximate surface area is 112 Å². The van der Waals surface area contributed by atoms with E-state index in [1.807, 2.05) is 18.2 Å². The van der Waals surface area contributed by atoms with Crippen molar-refractivity contribution in [2.24, 2.45) is 0 Å². The van der Waals surface area contributed by atoms with Crippen molar-refractivity contribution in [3.05, 3.63) is 23.8 Å². The first-order chi connectivity index (χ1) is 9.22. The van der Waals surface area contributed by atoms with Gasteiger partial charge in [0.1, 0.15) is 11.9 Å². The van der Waals surface area contributed by atoms with Crippen LogP contribution in [0.4, 0.5) is 5.69 Å². The number of amides is 1. The van der Waals surface area contributed by atoms with Gasteiger partial charge in [0.15, 0.2) is 0 Å². The monoisotopic (exact) mass is 261 g/mol. The molecular formula is C15H19NO3. The van der Waals surface area contributed by atoms with Gasteiger partial charge in [0, 0.05) is 18.2 Å². The first-order valence-corrected chi connectivity index (χ1v) is 7.00. The summed E-state index contributed by atoms with van der Waals surface area (Å²) in [5.41, 5.74) is 2.00. The molecule has 2 aliphatic rings. The number of aliphatic hydroxyl groups is 1. The molecule has 1 heterocycles. The largest absolute Gasteiger partial charge is 0.488 e. The lowest BCUT2D eigenvalue weighted by Crippen LogP contribution is -2.34. The average Bonchev–Trinajstić information content (AvgIpc) is 2.41. The molecule has 1 aromatic carbocycles. The van der Waals surface area contributed by atoms with Gasteiger partial charge in [-0.25, -0.2) is 0 Å². The summed E-state index contributed by atoms with van der Waals surface area (Å²) in [4.78, 5) is 11.4. The lowest BCUT2D eigenvalue weighted by Gasteiger charge is -2.28. The molecule has 0 saturated heterocycles. The zero-order valence-corrected chi connectivity index (χ0v) is 10.9. The standard InChI is InChI=1S/C15H19NO3/c17-13-3-1-2-4-14(13)19-11-7-5-10-6-8-15(18)16-12(10)9-11/h5,7,9,13-14,17H,1-4,6,8H2,(H,16,18)/t13-,14-/m1/s1. The molecule has 102 valence electrons. The van der Waals surface area contributed by atoms with E-state index in [0.29, 0.717) is 6.42 Å². The van der Waals surface area contributed by atoms with E-state index in [0.717, 1.165) is 49.1 Å². The van der Waals surface area contributed by atoms with E-state index in [1.54, 1.807) is 0 Å². The van der Waals surface area contributed by atoms with E-state index in [-0.39, 0.29) is 18.1 Å². The van der Waals surface area contributed by atoms with E-state index in [1.165, 1.54) is 0 Å². The first kappa shape index (κ1) is 12.5. The van der Waals surface area contributed by atoms with Crippen molar-refractivity contribution in [2.45, 2.75) is 50.7 Å². The van der Waals surface area contributed by atoms with Gasteiger partial charge in [0.2, 0.25) is 5.91 Å². The van der Waals surface area contributed by atoms with E-state index in [2.05, 4.69) is 5.32 Å². The van der Waals surface area contributed by atoms with Gasteiger partial charge in [-0.2, -0.15) is 0 Å². The molecule has 1 aromatic rings. The summed E-state index contributed by atoms with van der Waals surface area (Å²) in [5.74, 6) is 0.786. The number of anilines is 1. The highest BCUT2D eigenvalue weighted by molar-refractivity contribution is 5.94. The SMILES string of the molecule is O=C1CCc2ccc(O[C@@H]3CCCC[C@H]3O)cc2N1. The maximum Gasteiger partial charge on any atom is 0.224 e. The Kier molecular flexibility index (Phi) is 3.42.